The maximum Gasteiger partial charge on any atom is 0.246 e. The Bertz CT molecular complexity index is 850. The van der Waals surface area contributed by atoms with E-state index in [0.29, 0.717) is 11.8 Å². The molecule has 128 valence electrons. The number of anilines is 1. The van der Waals surface area contributed by atoms with Gasteiger partial charge in [-0.2, -0.15) is 4.31 Å². The molecule has 0 atom stereocenters. The smallest absolute Gasteiger partial charge is 0.246 e. The fourth-order valence-electron chi connectivity index (χ4n) is 2.69. The molecule has 0 aliphatic carbocycles. The van der Waals surface area contributed by atoms with Crippen molar-refractivity contribution in [1.29, 1.82) is 0 Å². The van der Waals surface area contributed by atoms with Crippen LogP contribution in [0.5, 0.6) is 0 Å². The van der Waals surface area contributed by atoms with Crippen molar-refractivity contribution in [2.24, 2.45) is 0 Å². The fourth-order valence-corrected chi connectivity index (χ4v) is 4.19. The summed E-state index contributed by atoms with van der Waals surface area (Å²) in [6, 6.07) is 8.55. The summed E-state index contributed by atoms with van der Waals surface area (Å²) in [4.78, 5) is 1.05. The highest BCUT2D eigenvalue weighted by molar-refractivity contribution is 7.89. The van der Waals surface area contributed by atoms with E-state index in [1.54, 1.807) is 23.1 Å². The number of piperazine rings is 1. The van der Waals surface area contributed by atoms with Gasteiger partial charge in [-0.3, -0.25) is 0 Å². The predicted molar refractivity (Wildman–Crippen MR) is 83.7 cm³/mol. The standard InChI is InChI=1S/C16H15F3N2O2S/c17-12-5-6-14(19)16(11-12)24(22,23)21-9-7-20(8-10-21)15-4-2-1-3-13(15)18/h1-6,11H,7-10H2. The van der Waals surface area contributed by atoms with Crippen molar-refractivity contribution < 1.29 is 21.6 Å². The Balaban J connectivity index is 1.79. The lowest BCUT2D eigenvalue weighted by Gasteiger charge is -2.35. The summed E-state index contributed by atoms with van der Waals surface area (Å²) in [6.07, 6.45) is 0. The Morgan fingerprint density at radius 2 is 1.50 bits per heavy atom. The highest BCUT2D eigenvalue weighted by atomic mass is 32.2. The topological polar surface area (TPSA) is 40.6 Å². The first-order valence-electron chi connectivity index (χ1n) is 7.34. The summed E-state index contributed by atoms with van der Waals surface area (Å²) < 4.78 is 66.9. The maximum absolute atomic E-state index is 13.8. The molecule has 4 nitrogen and oxygen atoms in total. The number of para-hydroxylation sites is 1. The Hall–Kier alpha value is -2.06. The molecule has 8 heteroatoms. The number of hydrogen-bond acceptors (Lipinski definition) is 3. The zero-order valence-electron chi connectivity index (χ0n) is 12.6. The molecule has 1 aliphatic heterocycles. The minimum Gasteiger partial charge on any atom is -0.367 e. The van der Waals surface area contributed by atoms with Gasteiger partial charge in [-0.25, -0.2) is 21.6 Å². The molecule has 0 amide bonds. The van der Waals surface area contributed by atoms with Crippen LogP contribution in [0.25, 0.3) is 0 Å². The van der Waals surface area contributed by atoms with Gasteiger partial charge in [0.1, 0.15) is 22.3 Å². The van der Waals surface area contributed by atoms with Gasteiger partial charge in [0, 0.05) is 26.2 Å². The predicted octanol–water partition coefficient (Wildman–Crippen LogP) is 2.61. The molecule has 1 saturated heterocycles. The first-order valence-corrected chi connectivity index (χ1v) is 8.78. The largest absolute Gasteiger partial charge is 0.367 e. The van der Waals surface area contributed by atoms with E-state index < -0.39 is 26.6 Å². The second-order valence-corrected chi connectivity index (χ2v) is 7.32. The van der Waals surface area contributed by atoms with Gasteiger partial charge in [0.2, 0.25) is 10.0 Å². The Kier molecular flexibility index (Phi) is 4.51. The van der Waals surface area contributed by atoms with Gasteiger partial charge in [0.25, 0.3) is 0 Å². The minimum absolute atomic E-state index is 0.0621. The van der Waals surface area contributed by atoms with E-state index >= 15 is 0 Å². The summed E-state index contributed by atoms with van der Waals surface area (Å²) >= 11 is 0. The molecule has 0 unspecified atom stereocenters. The zero-order chi connectivity index (χ0) is 17.3. The number of sulfonamides is 1. The van der Waals surface area contributed by atoms with E-state index in [0.717, 1.165) is 16.4 Å². The van der Waals surface area contributed by atoms with E-state index in [1.807, 2.05) is 0 Å². The highest BCUT2D eigenvalue weighted by Gasteiger charge is 2.31. The Morgan fingerprint density at radius 1 is 0.833 bits per heavy atom. The molecule has 1 aliphatic rings. The van der Waals surface area contributed by atoms with Crippen LogP contribution in [-0.2, 0) is 10.0 Å². The summed E-state index contributed by atoms with van der Waals surface area (Å²) in [5.41, 5.74) is 0.395. The number of halogens is 3. The van der Waals surface area contributed by atoms with Gasteiger partial charge in [0.15, 0.2) is 0 Å². The molecular weight excluding hydrogens is 341 g/mol. The lowest BCUT2D eigenvalue weighted by molar-refractivity contribution is 0.380. The molecule has 0 saturated carbocycles. The number of benzene rings is 2. The van der Waals surface area contributed by atoms with Crippen molar-refractivity contribution in [3.05, 3.63) is 59.9 Å². The molecule has 3 rings (SSSR count). The van der Waals surface area contributed by atoms with Crippen LogP contribution >= 0.6 is 0 Å². The van der Waals surface area contributed by atoms with Crippen LogP contribution < -0.4 is 4.90 Å². The summed E-state index contributed by atoms with van der Waals surface area (Å²) in [7, 11) is -4.13. The van der Waals surface area contributed by atoms with Crippen LogP contribution in [0.1, 0.15) is 0 Å². The average Bonchev–Trinajstić information content (AvgIpc) is 2.57. The summed E-state index contributed by atoms with van der Waals surface area (Å²) in [5.74, 6) is -2.20. The third kappa shape index (κ3) is 3.11. The highest BCUT2D eigenvalue weighted by Crippen LogP contribution is 2.24. The van der Waals surface area contributed by atoms with Crippen LogP contribution in [0.2, 0.25) is 0 Å². The summed E-state index contributed by atoms with van der Waals surface area (Å²) in [6.45, 7) is 0.646. The molecule has 0 spiro atoms. The fraction of sp³-hybridized carbons (Fsp3) is 0.250. The molecule has 0 bridgehead atoms. The second kappa shape index (κ2) is 6.45. The molecule has 2 aromatic rings. The van der Waals surface area contributed by atoms with Crippen LogP contribution in [0.4, 0.5) is 18.9 Å². The van der Waals surface area contributed by atoms with Crippen molar-refractivity contribution in [3.8, 4) is 0 Å². The van der Waals surface area contributed by atoms with Gasteiger partial charge < -0.3 is 4.90 Å². The van der Waals surface area contributed by atoms with Gasteiger partial charge in [-0.05, 0) is 30.3 Å². The molecule has 0 N–H and O–H groups in total. The zero-order valence-corrected chi connectivity index (χ0v) is 13.4. The second-order valence-electron chi connectivity index (χ2n) is 5.42. The quantitative estimate of drug-likeness (QED) is 0.849. The van der Waals surface area contributed by atoms with Crippen molar-refractivity contribution in [3.63, 3.8) is 0 Å². The molecular formula is C16H15F3N2O2S. The van der Waals surface area contributed by atoms with Crippen LogP contribution in [0.15, 0.2) is 47.4 Å². The number of nitrogens with zero attached hydrogens (tertiary/aromatic N) is 2. The van der Waals surface area contributed by atoms with Gasteiger partial charge >= 0.3 is 0 Å². The van der Waals surface area contributed by atoms with Crippen molar-refractivity contribution >= 4 is 15.7 Å². The van der Waals surface area contributed by atoms with E-state index in [1.165, 1.54) is 6.07 Å². The number of rotatable bonds is 3. The van der Waals surface area contributed by atoms with Crippen molar-refractivity contribution in [2.45, 2.75) is 4.90 Å². The van der Waals surface area contributed by atoms with E-state index in [2.05, 4.69) is 0 Å². The third-order valence-electron chi connectivity index (χ3n) is 3.94. The third-order valence-corrected chi connectivity index (χ3v) is 5.86. The molecule has 1 heterocycles. The summed E-state index contributed by atoms with van der Waals surface area (Å²) in [5, 5.41) is 0. The van der Waals surface area contributed by atoms with Gasteiger partial charge in [-0.15, -0.1) is 0 Å². The van der Waals surface area contributed by atoms with E-state index in [9.17, 15) is 21.6 Å². The average molecular weight is 356 g/mol. The van der Waals surface area contributed by atoms with Gasteiger partial charge in [0.05, 0.1) is 5.69 Å². The Morgan fingerprint density at radius 3 is 2.17 bits per heavy atom. The van der Waals surface area contributed by atoms with Crippen molar-refractivity contribution in [1.82, 2.24) is 4.31 Å². The Labute approximate surface area is 138 Å². The molecule has 1 fully saturated rings. The van der Waals surface area contributed by atoms with Crippen LogP contribution in [-0.4, -0.2) is 38.9 Å². The van der Waals surface area contributed by atoms with E-state index in [4.69, 9.17) is 0 Å². The first kappa shape index (κ1) is 16.8. The molecule has 0 aromatic heterocycles. The molecule has 24 heavy (non-hydrogen) atoms. The van der Waals surface area contributed by atoms with E-state index in [-0.39, 0.29) is 32.0 Å². The minimum atomic E-state index is -4.13. The van der Waals surface area contributed by atoms with Crippen LogP contribution in [0, 0.1) is 17.5 Å². The monoisotopic (exact) mass is 356 g/mol. The van der Waals surface area contributed by atoms with Crippen molar-refractivity contribution in [2.75, 3.05) is 31.1 Å². The molecule has 2 aromatic carbocycles. The first-order chi connectivity index (χ1) is 11.4. The SMILES string of the molecule is O=S(=O)(c1cc(F)ccc1F)N1CCN(c2ccccc2F)CC1. The lowest BCUT2D eigenvalue weighted by atomic mass is 10.2. The van der Waals surface area contributed by atoms with Gasteiger partial charge in [-0.1, -0.05) is 12.1 Å². The van der Waals surface area contributed by atoms with Crippen LogP contribution in [0.3, 0.4) is 0 Å². The lowest BCUT2D eigenvalue weighted by Crippen LogP contribution is -2.49. The normalized spacial score (nSPS) is 16.4. The number of hydrogen-bond donors (Lipinski definition) is 0. The molecule has 0 radical (unpaired) electrons. The maximum atomic E-state index is 13.8.